The molecule has 0 spiro atoms. The molecule has 4 saturated carbocycles. The average molecular weight is 409 g/mol. The maximum atomic E-state index is 6.49. The van der Waals surface area contributed by atoms with Gasteiger partial charge in [-0.3, -0.25) is 0 Å². The summed E-state index contributed by atoms with van der Waals surface area (Å²) in [6.45, 7) is 0. The number of ether oxygens (including phenoxy) is 3. The highest BCUT2D eigenvalue weighted by Crippen LogP contribution is 2.32. The maximum absolute atomic E-state index is 6.49. The third-order valence-electron chi connectivity index (χ3n) is 7.83. The van der Waals surface area contributed by atoms with Gasteiger partial charge >= 0.3 is 0 Å². The molecule has 29 heavy (non-hydrogen) atoms. The van der Waals surface area contributed by atoms with Crippen molar-refractivity contribution in [2.45, 2.75) is 151 Å². The Morgan fingerprint density at radius 2 is 0.483 bits per heavy atom. The predicted octanol–water partition coefficient (Wildman–Crippen LogP) is 4.20. The Balaban J connectivity index is 1.08. The zero-order chi connectivity index (χ0) is 20.1. The normalized spacial score (nSPS) is 44.5. The number of hydrogen-bond acceptors (Lipinski definition) is 5. The van der Waals surface area contributed by atoms with Crippen molar-refractivity contribution in [1.29, 1.82) is 0 Å². The van der Waals surface area contributed by atoms with Gasteiger partial charge < -0.3 is 25.7 Å². The van der Waals surface area contributed by atoms with Crippen molar-refractivity contribution in [3.05, 3.63) is 0 Å². The highest BCUT2D eigenvalue weighted by Gasteiger charge is 2.31. The van der Waals surface area contributed by atoms with E-state index in [1.165, 1.54) is 0 Å². The van der Waals surface area contributed by atoms with Crippen molar-refractivity contribution in [3.63, 3.8) is 0 Å². The van der Waals surface area contributed by atoms with E-state index in [9.17, 15) is 0 Å². The zero-order valence-corrected chi connectivity index (χ0v) is 18.3. The summed E-state index contributed by atoms with van der Waals surface area (Å²) in [7, 11) is 0. The first-order valence-corrected chi connectivity index (χ1v) is 12.6. The third-order valence-corrected chi connectivity index (χ3v) is 7.83. The van der Waals surface area contributed by atoms with E-state index in [-0.39, 0.29) is 0 Å². The largest absolute Gasteiger partial charge is 0.375 e. The van der Waals surface area contributed by atoms with E-state index < -0.39 is 0 Å². The lowest BCUT2D eigenvalue weighted by molar-refractivity contribution is -0.110. The summed E-state index contributed by atoms with van der Waals surface area (Å²) in [5.41, 5.74) is 12.0. The van der Waals surface area contributed by atoms with Crippen LogP contribution in [0.5, 0.6) is 0 Å². The van der Waals surface area contributed by atoms with Crippen molar-refractivity contribution in [2.24, 2.45) is 11.5 Å². The molecule has 4 N–H and O–H groups in total. The van der Waals surface area contributed by atoms with Gasteiger partial charge in [-0.25, -0.2) is 0 Å². The molecule has 0 atom stereocenters. The van der Waals surface area contributed by atoms with Crippen LogP contribution in [0.3, 0.4) is 0 Å². The lowest BCUT2D eigenvalue weighted by atomic mass is 9.90. The van der Waals surface area contributed by atoms with Crippen LogP contribution < -0.4 is 11.5 Å². The highest BCUT2D eigenvalue weighted by atomic mass is 16.5. The van der Waals surface area contributed by atoms with Gasteiger partial charge in [0.25, 0.3) is 0 Å². The van der Waals surface area contributed by atoms with Crippen molar-refractivity contribution < 1.29 is 14.2 Å². The molecular formula is C24H44N2O3. The topological polar surface area (TPSA) is 79.7 Å². The smallest absolute Gasteiger partial charge is 0.0580 e. The van der Waals surface area contributed by atoms with E-state index in [2.05, 4.69) is 0 Å². The van der Waals surface area contributed by atoms with Crippen molar-refractivity contribution in [1.82, 2.24) is 0 Å². The fraction of sp³-hybridized carbons (Fsp3) is 1.00. The molecule has 168 valence electrons. The lowest BCUT2D eigenvalue weighted by Crippen LogP contribution is -2.37. The Hall–Kier alpha value is -0.200. The fourth-order valence-corrected chi connectivity index (χ4v) is 5.87. The van der Waals surface area contributed by atoms with Gasteiger partial charge in [0.05, 0.1) is 36.6 Å². The molecule has 0 radical (unpaired) electrons. The molecule has 4 aliphatic carbocycles. The average Bonchev–Trinajstić information content (AvgIpc) is 2.74. The molecule has 0 heterocycles. The summed E-state index contributed by atoms with van der Waals surface area (Å²) in [5.74, 6) is 0. The van der Waals surface area contributed by atoms with Gasteiger partial charge in [0.1, 0.15) is 0 Å². The summed E-state index contributed by atoms with van der Waals surface area (Å²) in [4.78, 5) is 0. The van der Waals surface area contributed by atoms with Crippen LogP contribution in [-0.2, 0) is 14.2 Å². The number of hydrogen-bond donors (Lipinski definition) is 2. The van der Waals surface area contributed by atoms with Crippen LogP contribution in [0.1, 0.15) is 103 Å². The van der Waals surface area contributed by atoms with Gasteiger partial charge in [0.15, 0.2) is 0 Å². The molecule has 0 saturated heterocycles. The van der Waals surface area contributed by atoms with Gasteiger partial charge in [0.2, 0.25) is 0 Å². The summed E-state index contributed by atoms with van der Waals surface area (Å²) in [6.07, 6.45) is 21.1. The van der Waals surface area contributed by atoms with Crippen molar-refractivity contribution >= 4 is 0 Å². The molecule has 5 nitrogen and oxygen atoms in total. The molecule has 5 heteroatoms. The van der Waals surface area contributed by atoms with Crippen molar-refractivity contribution in [3.8, 4) is 0 Å². The standard InChI is InChI=1S/C24H44N2O3/c25-17-1-5-19(6-2-17)27-21-9-13-23(14-10-21)29-24-15-11-22(12-16-24)28-20-7-3-18(26)4-8-20/h17-24H,1-16,25-26H2. The minimum Gasteiger partial charge on any atom is -0.375 e. The quantitative estimate of drug-likeness (QED) is 0.688. The van der Waals surface area contributed by atoms with Gasteiger partial charge in [-0.05, 0) is 103 Å². The maximum Gasteiger partial charge on any atom is 0.0580 e. The van der Waals surface area contributed by atoms with Gasteiger partial charge in [-0.2, -0.15) is 0 Å². The SMILES string of the molecule is NC1CCC(OC2CCC(OC3CCC(OC4CCC(N)CC4)CC3)CC2)CC1. The van der Waals surface area contributed by atoms with Crippen LogP contribution in [0.15, 0.2) is 0 Å². The van der Waals surface area contributed by atoms with Gasteiger partial charge in [0, 0.05) is 12.1 Å². The first-order chi connectivity index (χ1) is 14.1. The van der Waals surface area contributed by atoms with Crippen molar-refractivity contribution in [2.75, 3.05) is 0 Å². The molecule has 4 rings (SSSR count). The van der Waals surface area contributed by atoms with Crippen LogP contribution in [0, 0.1) is 0 Å². The summed E-state index contributed by atoms with van der Waals surface area (Å²) in [6, 6.07) is 0.806. The lowest BCUT2D eigenvalue weighted by Gasteiger charge is -2.37. The second kappa shape index (κ2) is 10.9. The minimum atomic E-state index is 0.403. The molecule has 0 unspecified atom stereocenters. The van der Waals surface area contributed by atoms with Crippen LogP contribution in [0.25, 0.3) is 0 Å². The molecule has 4 fully saturated rings. The molecule has 0 bridgehead atoms. The van der Waals surface area contributed by atoms with Crippen LogP contribution >= 0.6 is 0 Å². The second-order valence-electron chi connectivity index (χ2n) is 10.3. The first kappa shape index (κ1) is 22.0. The Bertz CT molecular complexity index is 417. The molecule has 0 aliphatic heterocycles. The summed E-state index contributed by atoms with van der Waals surface area (Å²) < 4.78 is 19.2. The fourth-order valence-electron chi connectivity index (χ4n) is 5.87. The van der Waals surface area contributed by atoms with Gasteiger partial charge in [-0.1, -0.05) is 0 Å². The van der Waals surface area contributed by atoms with Crippen LogP contribution in [0.2, 0.25) is 0 Å². The molecular weight excluding hydrogens is 364 g/mol. The Labute approximate surface area is 177 Å². The third kappa shape index (κ3) is 6.90. The molecule has 0 aromatic carbocycles. The van der Waals surface area contributed by atoms with Gasteiger partial charge in [-0.15, -0.1) is 0 Å². The van der Waals surface area contributed by atoms with Crippen LogP contribution in [-0.4, -0.2) is 48.7 Å². The summed E-state index contributed by atoms with van der Waals surface area (Å²) in [5, 5.41) is 0. The Morgan fingerprint density at radius 1 is 0.310 bits per heavy atom. The minimum absolute atomic E-state index is 0.403. The molecule has 4 aliphatic rings. The molecule has 0 aromatic heterocycles. The van der Waals surface area contributed by atoms with E-state index in [4.69, 9.17) is 25.7 Å². The number of rotatable bonds is 6. The van der Waals surface area contributed by atoms with E-state index >= 15 is 0 Å². The predicted molar refractivity (Wildman–Crippen MR) is 116 cm³/mol. The number of nitrogens with two attached hydrogens (primary N) is 2. The Morgan fingerprint density at radius 3 is 0.690 bits per heavy atom. The van der Waals surface area contributed by atoms with E-state index in [0.717, 1.165) is 103 Å². The molecule has 0 amide bonds. The second-order valence-corrected chi connectivity index (χ2v) is 10.3. The van der Waals surface area contributed by atoms with Crippen LogP contribution in [0.4, 0.5) is 0 Å². The van der Waals surface area contributed by atoms with E-state index in [1.54, 1.807) is 0 Å². The monoisotopic (exact) mass is 408 g/mol. The highest BCUT2D eigenvalue weighted by molar-refractivity contribution is 4.82. The van der Waals surface area contributed by atoms with E-state index in [0.29, 0.717) is 48.7 Å². The molecule has 0 aromatic rings. The first-order valence-electron chi connectivity index (χ1n) is 12.6. The Kier molecular flexibility index (Phi) is 8.27. The zero-order valence-electron chi connectivity index (χ0n) is 18.3. The van der Waals surface area contributed by atoms with E-state index in [1.807, 2.05) is 0 Å². The summed E-state index contributed by atoms with van der Waals surface area (Å²) >= 11 is 0.